The Morgan fingerprint density at radius 2 is 1.67 bits per heavy atom. The van der Waals surface area contributed by atoms with E-state index in [9.17, 15) is 10.1 Å². The van der Waals surface area contributed by atoms with Crippen LogP contribution in [-0.2, 0) is 6.54 Å². The molecule has 0 N–H and O–H groups in total. The van der Waals surface area contributed by atoms with Crippen LogP contribution in [0, 0.1) is 10.1 Å². The third-order valence-electron chi connectivity index (χ3n) is 2.35. The predicted octanol–water partition coefficient (Wildman–Crippen LogP) is 1.57. The average molecular weight is 250 g/mol. The lowest BCUT2D eigenvalue weighted by atomic mass is 10.2. The molecule has 0 amide bonds. The van der Waals surface area contributed by atoms with Crippen molar-refractivity contribution in [3.63, 3.8) is 0 Å². The maximum Gasteiger partial charge on any atom is 0.269 e. The van der Waals surface area contributed by atoms with E-state index in [2.05, 4.69) is 4.99 Å². The smallest absolute Gasteiger partial charge is 0.269 e. The molecule has 1 aromatic carbocycles. The zero-order valence-corrected chi connectivity index (χ0v) is 11.1. The first kappa shape index (κ1) is 14.0. The van der Waals surface area contributed by atoms with Gasteiger partial charge >= 0.3 is 0 Å². The number of hydrogen-bond donors (Lipinski definition) is 0. The molecule has 0 fully saturated rings. The zero-order chi connectivity index (χ0) is 13.7. The highest BCUT2D eigenvalue weighted by atomic mass is 16.6. The van der Waals surface area contributed by atoms with Gasteiger partial charge in [0.25, 0.3) is 5.69 Å². The van der Waals surface area contributed by atoms with Crippen LogP contribution in [0.3, 0.4) is 0 Å². The highest BCUT2D eigenvalue weighted by molar-refractivity contribution is 5.79. The maximum atomic E-state index is 10.5. The van der Waals surface area contributed by atoms with Gasteiger partial charge in [-0.1, -0.05) is 12.1 Å². The van der Waals surface area contributed by atoms with Gasteiger partial charge in [0.1, 0.15) is 0 Å². The SMILES string of the molecule is CN(C)C(=NCc1ccc([N+](=O)[O-])cc1)N(C)C. The second-order valence-electron chi connectivity index (χ2n) is 4.33. The fourth-order valence-electron chi connectivity index (χ4n) is 1.57. The van der Waals surface area contributed by atoms with Crippen LogP contribution in [0.25, 0.3) is 0 Å². The van der Waals surface area contributed by atoms with Gasteiger partial charge in [-0.3, -0.25) is 10.1 Å². The van der Waals surface area contributed by atoms with Crippen molar-refractivity contribution in [1.82, 2.24) is 9.80 Å². The molecule has 1 aromatic rings. The number of rotatable bonds is 3. The van der Waals surface area contributed by atoms with E-state index in [4.69, 9.17) is 0 Å². The molecule has 0 radical (unpaired) electrons. The molecule has 0 bridgehead atoms. The van der Waals surface area contributed by atoms with Gasteiger partial charge in [-0.2, -0.15) is 0 Å². The number of non-ortho nitro benzene ring substituents is 1. The summed E-state index contributed by atoms with van der Waals surface area (Å²) in [6.45, 7) is 0.504. The van der Waals surface area contributed by atoms with Gasteiger partial charge in [0.15, 0.2) is 5.96 Å². The van der Waals surface area contributed by atoms with E-state index in [1.54, 1.807) is 12.1 Å². The molecule has 0 aliphatic carbocycles. The molecular weight excluding hydrogens is 232 g/mol. The lowest BCUT2D eigenvalue weighted by Gasteiger charge is -2.22. The van der Waals surface area contributed by atoms with Gasteiger partial charge in [0.05, 0.1) is 11.5 Å². The summed E-state index contributed by atoms with van der Waals surface area (Å²) in [7, 11) is 7.70. The molecule has 0 saturated heterocycles. The van der Waals surface area contributed by atoms with Crippen molar-refractivity contribution in [3.8, 4) is 0 Å². The van der Waals surface area contributed by atoms with Gasteiger partial charge in [-0.05, 0) is 5.56 Å². The monoisotopic (exact) mass is 250 g/mol. The summed E-state index contributed by atoms with van der Waals surface area (Å²) in [5, 5.41) is 10.5. The van der Waals surface area contributed by atoms with Crippen LogP contribution < -0.4 is 0 Å². The molecule has 6 nitrogen and oxygen atoms in total. The van der Waals surface area contributed by atoms with Crippen molar-refractivity contribution in [2.24, 2.45) is 4.99 Å². The number of aliphatic imine (C=N–C) groups is 1. The number of hydrogen-bond acceptors (Lipinski definition) is 3. The quantitative estimate of drug-likeness (QED) is 0.353. The third kappa shape index (κ3) is 3.73. The Morgan fingerprint density at radius 3 is 2.06 bits per heavy atom. The minimum Gasteiger partial charge on any atom is -0.349 e. The predicted molar refractivity (Wildman–Crippen MR) is 71.6 cm³/mol. The summed E-state index contributed by atoms with van der Waals surface area (Å²) >= 11 is 0. The molecule has 0 saturated carbocycles. The number of nitrogens with zero attached hydrogens (tertiary/aromatic N) is 4. The van der Waals surface area contributed by atoms with Crippen molar-refractivity contribution in [2.75, 3.05) is 28.2 Å². The third-order valence-corrected chi connectivity index (χ3v) is 2.35. The van der Waals surface area contributed by atoms with E-state index in [-0.39, 0.29) is 5.69 Å². The number of guanidine groups is 1. The van der Waals surface area contributed by atoms with Crippen LogP contribution in [0.1, 0.15) is 5.56 Å². The summed E-state index contributed by atoms with van der Waals surface area (Å²) in [6.07, 6.45) is 0. The van der Waals surface area contributed by atoms with E-state index in [1.165, 1.54) is 12.1 Å². The van der Waals surface area contributed by atoms with Gasteiger partial charge in [-0.25, -0.2) is 4.99 Å². The topological polar surface area (TPSA) is 62.0 Å². The highest BCUT2D eigenvalue weighted by Gasteiger charge is 2.05. The number of nitro benzene ring substituents is 1. The molecule has 98 valence electrons. The van der Waals surface area contributed by atoms with Crippen molar-refractivity contribution >= 4 is 11.6 Å². The molecule has 1 rings (SSSR count). The zero-order valence-electron chi connectivity index (χ0n) is 11.1. The Balaban J connectivity index is 2.78. The Labute approximate surface area is 107 Å². The van der Waals surface area contributed by atoms with Crippen molar-refractivity contribution < 1.29 is 4.92 Å². The van der Waals surface area contributed by atoms with Gasteiger partial charge in [0, 0.05) is 40.3 Å². The molecule has 0 heterocycles. The summed E-state index contributed by atoms with van der Waals surface area (Å²) in [5.74, 6) is 0.855. The lowest BCUT2D eigenvalue weighted by Crippen LogP contribution is -2.35. The maximum absolute atomic E-state index is 10.5. The first-order chi connectivity index (χ1) is 8.41. The Hall–Kier alpha value is -2.11. The normalized spacial score (nSPS) is 9.78. The molecule has 0 aliphatic heterocycles. The van der Waals surface area contributed by atoms with Crippen molar-refractivity contribution in [3.05, 3.63) is 39.9 Å². The minimum atomic E-state index is -0.405. The Bertz CT molecular complexity index is 428. The minimum absolute atomic E-state index is 0.100. The first-order valence-electron chi connectivity index (χ1n) is 5.54. The molecule has 6 heteroatoms. The molecule has 0 unspecified atom stereocenters. The second kappa shape index (κ2) is 6.00. The van der Waals surface area contributed by atoms with Gasteiger partial charge in [-0.15, -0.1) is 0 Å². The van der Waals surface area contributed by atoms with Crippen LogP contribution in [0.4, 0.5) is 5.69 Å². The number of nitro groups is 1. The highest BCUT2D eigenvalue weighted by Crippen LogP contribution is 2.12. The van der Waals surface area contributed by atoms with E-state index in [1.807, 2.05) is 38.0 Å². The van der Waals surface area contributed by atoms with Crippen LogP contribution >= 0.6 is 0 Å². The van der Waals surface area contributed by atoms with E-state index in [0.717, 1.165) is 11.5 Å². The van der Waals surface area contributed by atoms with E-state index in [0.29, 0.717) is 6.54 Å². The summed E-state index contributed by atoms with van der Waals surface area (Å²) in [5.41, 5.74) is 1.05. The Kier molecular flexibility index (Phi) is 4.65. The average Bonchev–Trinajstić information content (AvgIpc) is 2.28. The lowest BCUT2D eigenvalue weighted by molar-refractivity contribution is -0.384. The summed E-state index contributed by atoms with van der Waals surface area (Å²) in [6, 6.07) is 6.45. The van der Waals surface area contributed by atoms with Crippen LogP contribution in [-0.4, -0.2) is 48.9 Å². The molecule has 18 heavy (non-hydrogen) atoms. The van der Waals surface area contributed by atoms with Gasteiger partial charge < -0.3 is 9.80 Å². The van der Waals surface area contributed by atoms with E-state index >= 15 is 0 Å². The molecular formula is C12H18N4O2. The van der Waals surface area contributed by atoms with Gasteiger partial charge in [0.2, 0.25) is 0 Å². The fraction of sp³-hybridized carbons (Fsp3) is 0.417. The molecule has 0 atom stereocenters. The summed E-state index contributed by atoms with van der Waals surface area (Å²) < 4.78 is 0. The largest absolute Gasteiger partial charge is 0.349 e. The van der Waals surface area contributed by atoms with Crippen LogP contribution in [0.2, 0.25) is 0 Å². The van der Waals surface area contributed by atoms with Crippen LogP contribution in [0.15, 0.2) is 29.3 Å². The molecule has 0 aromatic heterocycles. The Morgan fingerprint density at radius 1 is 1.17 bits per heavy atom. The second-order valence-corrected chi connectivity index (χ2v) is 4.33. The van der Waals surface area contributed by atoms with E-state index < -0.39 is 4.92 Å². The molecule has 0 spiro atoms. The molecule has 0 aliphatic rings. The summed E-state index contributed by atoms with van der Waals surface area (Å²) in [4.78, 5) is 18.4. The fourth-order valence-corrected chi connectivity index (χ4v) is 1.57. The van der Waals surface area contributed by atoms with Crippen LogP contribution in [0.5, 0.6) is 0 Å². The van der Waals surface area contributed by atoms with Crippen molar-refractivity contribution in [1.29, 1.82) is 0 Å². The first-order valence-corrected chi connectivity index (χ1v) is 5.54. The number of benzene rings is 1. The van der Waals surface area contributed by atoms with Crippen molar-refractivity contribution in [2.45, 2.75) is 6.54 Å². The standard InChI is InChI=1S/C12H18N4O2/c1-14(2)12(15(3)4)13-9-10-5-7-11(8-6-10)16(17)18/h5-8H,9H2,1-4H3.